The zero-order valence-corrected chi connectivity index (χ0v) is 22.5. The lowest BCUT2D eigenvalue weighted by atomic mass is 10.0. The zero-order valence-electron chi connectivity index (χ0n) is 21.7. The third kappa shape index (κ3) is 5.97. The first-order valence-corrected chi connectivity index (χ1v) is 13.9. The lowest BCUT2D eigenvalue weighted by molar-refractivity contribution is -0.119. The van der Waals surface area contributed by atoms with Crippen LogP contribution in [0.1, 0.15) is 21.5 Å². The number of carbonyl (C=O) groups is 3. The van der Waals surface area contributed by atoms with Gasteiger partial charge in [-0.2, -0.15) is 0 Å². The molecule has 1 aliphatic rings. The van der Waals surface area contributed by atoms with E-state index in [1.807, 2.05) is 22.9 Å². The van der Waals surface area contributed by atoms with Gasteiger partial charge in [-0.25, -0.2) is 22.9 Å². The van der Waals surface area contributed by atoms with E-state index in [0.717, 1.165) is 0 Å². The summed E-state index contributed by atoms with van der Waals surface area (Å²) in [6.45, 7) is 0. The van der Waals surface area contributed by atoms with Crippen molar-refractivity contribution >= 4 is 45.0 Å². The molecule has 0 spiro atoms. The molecular weight excluding hydrogens is 544 g/mol. The van der Waals surface area contributed by atoms with Crippen LogP contribution in [-0.4, -0.2) is 50.2 Å². The number of benzodiazepines with no additional fused rings is 1. The third-order valence-corrected chi connectivity index (χ3v) is 7.57. The van der Waals surface area contributed by atoms with Gasteiger partial charge in [0.25, 0.3) is 21.8 Å². The molecule has 4 aromatic rings. The average molecular weight is 569 g/mol. The highest BCUT2D eigenvalue weighted by molar-refractivity contribution is 7.90. The number of sulfonamides is 1. The highest BCUT2D eigenvalue weighted by Crippen LogP contribution is 2.27. The molecule has 0 saturated carbocycles. The molecule has 12 heteroatoms. The summed E-state index contributed by atoms with van der Waals surface area (Å²) in [5, 5.41) is 5.17. The molecule has 4 amide bonds. The van der Waals surface area contributed by atoms with E-state index in [9.17, 15) is 22.8 Å². The topological polar surface area (TPSA) is 150 Å². The van der Waals surface area contributed by atoms with Crippen LogP contribution in [0.15, 0.2) is 113 Å². The summed E-state index contributed by atoms with van der Waals surface area (Å²) in [5.74, 6) is -1.33. The molecule has 1 aromatic heterocycles. The van der Waals surface area contributed by atoms with Gasteiger partial charge < -0.3 is 15.5 Å². The number of nitrogens with zero attached hydrogens (tertiary/aromatic N) is 3. The normalized spacial score (nSPS) is 14.8. The van der Waals surface area contributed by atoms with Crippen LogP contribution in [0.3, 0.4) is 0 Å². The molecule has 0 saturated heterocycles. The predicted molar refractivity (Wildman–Crippen MR) is 153 cm³/mol. The first kappa shape index (κ1) is 27.2. The molecule has 1 aliphatic heterocycles. The van der Waals surface area contributed by atoms with Gasteiger partial charge in [0, 0.05) is 41.8 Å². The van der Waals surface area contributed by atoms with Crippen molar-refractivity contribution in [1.29, 1.82) is 0 Å². The smallest absolute Gasteiger partial charge is 0.311 e. The Hall–Kier alpha value is -5.36. The molecule has 0 bridgehead atoms. The summed E-state index contributed by atoms with van der Waals surface area (Å²) in [6, 6.07) is 23.3. The monoisotopic (exact) mass is 568 g/mol. The van der Waals surface area contributed by atoms with E-state index in [1.54, 1.807) is 55.8 Å². The van der Waals surface area contributed by atoms with Crippen molar-refractivity contribution in [2.75, 3.05) is 17.3 Å². The van der Waals surface area contributed by atoms with Crippen molar-refractivity contribution in [2.45, 2.75) is 11.1 Å². The Bertz CT molecular complexity index is 1760. The van der Waals surface area contributed by atoms with Crippen LogP contribution < -0.4 is 20.3 Å². The second-order valence-electron chi connectivity index (χ2n) is 8.96. The quantitative estimate of drug-likeness (QED) is 0.325. The lowest BCUT2D eigenvalue weighted by Gasteiger charge is -2.21. The molecule has 11 nitrogen and oxygen atoms in total. The largest absolute Gasteiger partial charge is 0.321 e. The minimum atomic E-state index is -4.09. The Morgan fingerprint density at radius 1 is 0.878 bits per heavy atom. The van der Waals surface area contributed by atoms with Crippen LogP contribution in [0, 0.1) is 0 Å². The summed E-state index contributed by atoms with van der Waals surface area (Å²) in [7, 11) is -2.49. The second-order valence-corrected chi connectivity index (χ2v) is 10.6. The van der Waals surface area contributed by atoms with E-state index >= 15 is 0 Å². The number of rotatable bonds is 6. The first-order chi connectivity index (χ1) is 19.7. The molecule has 0 aliphatic carbocycles. The van der Waals surface area contributed by atoms with Crippen LogP contribution in [0.4, 0.5) is 16.2 Å². The fraction of sp³-hybridized carbons (Fsp3) is 0.0690. The Morgan fingerprint density at radius 3 is 2.34 bits per heavy atom. The maximum atomic E-state index is 13.3. The van der Waals surface area contributed by atoms with Gasteiger partial charge in [0.15, 0.2) is 0 Å². The number of anilines is 2. The van der Waals surface area contributed by atoms with E-state index in [-0.39, 0.29) is 16.1 Å². The van der Waals surface area contributed by atoms with Gasteiger partial charge in [-0.3, -0.25) is 14.6 Å². The molecule has 1 atom stereocenters. The molecule has 3 N–H and O–H groups in total. The van der Waals surface area contributed by atoms with E-state index in [0.29, 0.717) is 22.5 Å². The number of fused-ring (bicyclic) bond motifs is 1. The number of hydrogen-bond donors (Lipinski definition) is 3. The number of aliphatic imine (C=N–C) groups is 1. The average Bonchev–Trinajstić information content (AvgIpc) is 3.08. The first-order valence-electron chi connectivity index (χ1n) is 12.4. The minimum Gasteiger partial charge on any atom is -0.311 e. The van der Waals surface area contributed by atoms with E-state index in [2.05, 4.69) is 20.6 Å². The number of benzene rings is 3. The number of likely N-dealkylation sites (N-methyl/N-ethyl adjacent to an activating group) is 1. The molecular formula is C29H24N6O5S. The molecule has 3 aromatic carbocycles. The summed E-state index contributed by atoms with van der Waals surface area (Å²) < 4.78 is 27.1. The van der Waals surface area contributed by atoms with Crippen LogP contribution in [-0.2, 0) is 14.8 Å². The summed E-state index contributed by atoms with van der Waals surface area (Å²) in [6.07, 6.45) is 1.96. The summed E-state index contributed by atoms with van der Waals surface area (Å²) >= 11 is 0. The van der Waals surface area contributed by atoms with Crippen LogP contribution >= 0.6 is 0 Å². The third-order valence-electron chi connectivity index (χ3n) is 6.23. The molecule has 0 radical (unpaired) electrons. The van der Waals surface area contributed by atoms with E-state index < -0.39 is 34.0 Å². The maximum absolute atomic E-state index is 13.3. The number of urea groups is 1. The molecule has 1 unspecified atom stereocenters. The fourth-order valence-corrected chi connectivity index (χ4v) is 5.22. The van der Waals surface area contributed by atoms with Crippen molar-refractivity contribution in [3.8, 4) is 0 Å². The van der Waals surface area contributed by atoms with E-state index in [4.69, 9.17) is 0 Å². The van der Waals surface area contributed by atoms with Crippen LogP contribution in [0.25, 0.3) is 0 Å². The number of aromatic nitrogens is 1. The van der Waals surface area contributed by atoms with Gasteiger partial charge in [0.1, 0.15) is 0 Å². The number of pyridine rings is 1. The Balaban J connectivity index is 1.35. The number of hydrogen-bond acceptors (Lipinski definition) is 7. The molecule has 41 heavy (non-hydrogen) atoms. The maximum Gasteiger partial charge on any atom is 0.321 e. The Morgan fingerprint density at radius 2 is 1.59 bits per heavy atom. The zero-order chi connectivity index (χ0) is 29.0. The lowest BCUT2D eigenvalue weighted by Crippen LogP contribution is -2.47. The molecule has 0 fully saturated rings. The molecule has 2 heterocycles. The summed E-state index contributed by atoms with van der Waals surface area (Å²) in [5.41, 5.74) is 2.76. The highest BCUT2D eigenvalue weighted by Gasteiger charge is 2.31. The number of nitrogens with one attached hydrogen (secondary N) is 3. The van der Waals surface area contributed by atoms with Gasteiger partial charge in [0.2, 0.25) is 6.17 Å². The second kappa shape index (κ2) is 11.4. The SMILES string of the molecule is CN1C(=O)C(NC(=O)Nc2cccc(C(=O)NS(=O)(=O)c3ccccc3)c2)N=C(c2ccncc2)c2ccccc21. The van der Waals surface area contributed by atoms with Crippen molar-refractivity contribution in [3.63, 3.8) is 0 Å². The van der Waals surface area contributed by atoms with Crippen molar-refractivity contribution in [3.05, 3.63) is 120 Å². The van der Waals surface area contributed by atoms with Crippen molar-refractivity contribution < 1.29 is 22.8 Å². The number of amides is 4. The van der Waals surface area contributed by atoms with Crippen LogP contribution in [0.2, 0.25) is 0 Å². The van der Waals surface area contributed by atoms with Crippen molar-refractivity contribution in [2.24, 2.45) is 4.99 Å². The molecule has 206 valence electrons. The van der Waals surface area contributed by atoms with Gasteiger partial charge in [0.05, 0.1) is 16.3 Å². The minimum absolute atomic E-state index is 0.000950. The highest BCUT2D eigenvalue weighted by atomic mass is 32.2. The van der Waals surface area contributed by atoms with Gasteiger partial charge in [-0.1, -0.05) is 42.5 Å². The Labute approximate surface area is 236 Å². The number of para-hydroxylation sites is 1. The fourth-order valence-electron chi connectivity index (χ4n) is 4.23. The van der Waals surface area contributed by atoms with Gasteiger partial charge >= 0.3 is 6.03 Å². The Kier molecular flexibility index (Phi) is 7.57. The van der Waals surface area contributed by atoms with E-state index in [1.165, 1.54) is 41.3 Å². The van der Waals surface area contributed by atoms with Crippen molar-refractivity contribution in [1.82, 2.24) is 15.0 Å². The summed E-state index contributed by atoms with van der Waals surface area (Å²) in [4.78, 5) is 49.0. The van der Waals surface area contributed by atoms with Gasteiger partial charge in [-0.05, 0) is 48.5 Å². The number of carbonyl (C=O) groups excluding carboxylic acids is 3. The van der Waals surface area contributed by atoms with Gasteiger partial charge in [-0.15, -0.1) is 0 Å². The van der Waals surface area contributed by atoms with Crippen LogP contribution in [0.5, 0.6) is 0 Å². The predicted octanol–water partition coefficient (Wildman–Crippen LogP) is 3.16. The molecule has 5 rings (SSSR count). The standard InChI is InChI=1S/C29H24N6O5S/c1-35-24-13-6-5-12-23(24)25(19-14-16-30-17-15-19)32-26(28(35)37)33-29(38)31-21-9-7-8-20(18-21)27(36)34-41(39,40)22-10-3-2-4-11-22/h2-18,26H,1H3,(H,34,36)(H2,31,33,38).